The van der Waals surface area contributed by atoms with E-state index in [1.807, 2.05) is 42.5 Å². The van der Waals surface area contributed by atoms with E-state index in [1.54, 1.807) is 13.0 Å². The second-order valence-corrected chi connectivity index (χ2v) is 9.15. The monoisotopic (exact) mass is 425 g/mol. The van der Waals surface area contributed by atoms with Crippen LogP contribution in [0.15, 0.2) is 65.6 Å². The molecule has 3 aromatic rings. The van der Waals surface area contributed by atoms with Crippen LogP contribution in [0.3, 0.4) is 0 Å². The fourth-order valence-electron chi connectivity index (χ4n) is 3.56. The number of benzene rings is 3. The smallest absolute Gasteiger partial charge is 0.338 e. The lowest BCUT2D eigenvalue weighted by Crippen LogP contribution is -2.40. The maximum Gasteiger partial charge on any atom is 0.338 e. The molecule has 0 amide bonds. The Kier molecular flexibility index (Phi) is 5.85. The molecule has 3 aromatic carbocycles. The lowest BCUT2D eigenvalue weighted by atomic mass is 10.1. The molecule has 1 aliphatic heterocycles. The molecule has 0 saturated carbocycles. The van der Waals surface area contributed by atoms with Gasteiger partial charge in [-0.15, -0.1) is 0 Å². The van der Waals surface area contributed by atoms with Gasteiger partial charge in [0.15, 0.2) is 0 Å². The SMILES string of the molecule is Cc1ccc(S(=O)(=O)N2CCOCC2)cc1C(=O)OCc1cccc2ccccc12. The molecule has 6 nitrogen and oxygen atoms in total. The molecule has 1 fully saturated rings. The summed E-state index contributed by atoms with van der Waals surface area (Å²) in [5.74, 6) is -0.542. The van der Waals surface area contributed by atoms with Crippen LogP contribution >= 0.6 is 0 Å². The highest BCUT2D eigenvalue weighted by Crippen LogP contribution is 2.23. The molecular formula is C23H23NO5S. The van der Waals surface area contributed by atoms with E-state index in [4.69, 9.17) is 9.47 Å². The molecule has 0 N–H and O–H groups in total. The van der Waals surface area contributed by atoms with Crippen molar-refractivity contribution in [1.82, 2.24) is 4.31 Å². The van der Waals surface area contributed by atoms with Gasteiger partial charge >= 0.3 is 5.97 Å². The molecule has 1 saturated heterocycles. The third-order valence-corrected chi connectivity index (χ3v) is 7.17. The van der Waals surface area contributed by atoms with E-state index < -0.39 is 16.0 Å². The highest BCUT2D eigenvalue weighted by atomic mass is 32.2. The normalized spacial score (nSPS) is 15.2. The van der Waals surface area contributed by atoms with Gasteiger partial charge in [0.2, 0.25) is 10.0 Å². The number of aryl methyl sites for hydroxylation is 1. The topological polar surface area (TPSA) is 72.9 Å². The Labute approximate surface area is 176 Å². The van der Waals surface area contributed by atoms with Gasteiger partial charge in [-0.25, -0.2) is 13.2 Å². The van der Waals surface area contributed by atoms with Crippen LogP contribution in [0.4, 0.5) is 0 Å². The molecule has 7 heteroatoms. The zero-order valence-electron chi connectivity index (χ0n) is 16.7. The van der Waals surface area contributed by atoms with Gasteiger partial charge in [-0.05, 0) is 41.0 Å². The second-order valence-electron chi connectivity index (χ2n) is 7.21. The number of hydrogen-bond acceptors (Lipinski definition) is 5. The van der Waals surface area contributed by atoms with E-state index in [9.17, 15) is 13.2 Å². The zero-order chi connectivity index (χ0) is 21.1. The van der Waals surface area contributed by atoms with Gasteiger partial charge in [0.05, 0.1) is 23.7 Å². The number of nitrogens with zero attached hydrogens (tertiary/aromatic N) is 1. The van der Waals surface area contributed by atoms with E-state index in [-0.39, 0.29) is 17.1 Å². The zero-order valence-corrected chi connectivity index (χ0v) is 17.5. The minimum atomic E-state index is -3.69. The summed E-state index contributed by atoms with van der Waals surface area (Å²) in [6.07, 6.45) is 0. The summed E-state index contributed by atoms with van der Waals surface area (Å²) in [7, 11) is -3.69. The number of fused-ring (bicyclic) bond motifs is 1. The number of sulfonamides is 1. The molecule has 4 rings (SSSR count). The molecule has 0 atom stereocenters. The molecule has 1 aliphatic rings. The summed E-state index contributed by atoms with van der Waals surface area (Å²) in [6, 6.07) is 18.3. The second kappa shape index (κ2) is 8.55. The molecule has 0 bridgehead atoms. The van der Waals surface area contributed by atoms with Crippen molar-refractivity contribution in [1.29, 1.82) is 0 Å². The van der Waals surface area contributed by atoms with Crippen LogP contribution in [0.5, 0.6) is 0 Å². The van der Waals surface area contributed by atoms with E-state index in [2.05, 4.69) is 0 Å². The predicted molar refractivity (Wildman–Crippen MR) is 114 cm³/mol. The molecule has 0 radical (unpaired) electrons. The summed E-state index contributed by atoms with van der Waals surface area (Å²) >= 11 is 0. The van der Waals surface area contributed by atoms with Crippen LogP contribution in [0, 0.1) is 6.92 Å². The van der Waals surface area contributed by atoms with Crippen LogP contribution in [0.2, 0.25) is 0 Å². The fraction of sp³-hybridized carbons (Fsp3) is 0.261. The first-order valence-electron chi connectivity index (χ1n) is 9.79. The van der Waals surface area contributed by atoms with Gasteiger partial charge in [-0.2, -0.15) is 4.31 Å². The van der Waals surface area contributed by atoms with Crippen LogP contribution in [-0.2, 0) is 26.1 Å². The Bertz CT molecular complexity index is 1180. The number of morpholine rings is 1. The molecule has 1 heterocycles. The summed E-state index contributed by atoms with van der Waals surface area (Å²) in [4.78, 5) is 12.9. The fourth-order valence-corrected chi connectivity index (χ4v) is 4.99. The van der Waals surface area contributed by atoms with Gasteiger partial charge in [-0.3, -0.25) is 0 Å². The average molecular weight is 426 g/mol. The first-order chi connectivity index (χ1) is 14.5. The minimum Gasteiger partial charge on any atom is -0.457 e. The van der Waals surface area contributed by atoms with Crippen LogP contribution in [-0.4, -0.2) is 45.0 Å². The minimum absolute atomic E-state index is 0.0899. The average Bonchev–Trinajstić information content (AvgIpc) is 2.78. The van der Waals surface area contributed by atoms with E-state index >= 15 is 0 Å². The Balaban J connectivity index is 1.56. The number of esters is 1. The van der Waals surface area contributed by atoms with Crippen molar-refractivity contribution in [3.63, 3.8) is 0 Å². The molecule has 0 unspecified atom stereocenters. The molecular weight excluding hydrogens is 402 g/mol. The molecule has 0 aliphatic carbocycles. The molecule has 0 spiro atoms. The molecule has 0 aromatic heterocycles. The van der Waals surface area contributed by atoms with Gasteiger partial charge in [0, 0.05) is 13.1 Å². The number of carbonyl (C=O) groups excluding carboxylic acids is 1. The van der Waals surface area contributed by atoms with Gasteiger partial charge < -0.3 is 9.47 Å². The molecule has 156 valence electrons. The van der Waals surface area contributed by atoms with Crippen LogP contribution < -0.4 is 0 Å². The standard InChI is InChI=1S/C23H23NO5S/c1-17-9-10-20(30(26,27)24-11-13-28-14-12-24)15-22(17)23(25)29-16-19-7-4-6-18-5-2-3-8-21(18)19/h2-10,15H,11-14,16H2,1H3. The number of rotatable bonds is 5. The lowest BCUT2D eigenvalue weighted by molar-refractivity contribution is 0.0473. The quantitative estimate of drug-likeness (QED) is 0.585. The van der Waals surface area contributed by atoms with Gasteiger partial charge in [-0.1, -0.05) is 48.5 Å². The Hall–Kier alpha value is -2.74. The van der Waals surface area contributed by atoms with Crippen molar-refractivity contribution >= 4 is 26.8 Å². The maximum absolute atomic E-state index is 12.9. The van der Waals surface area contributed by atoms with Crippen molar-refractivity contribution in [2.24, 2.45) is 0 Å². The first kappa shape index (κ1) is 20.5. The third kappa shape index (κ3) is 4.09. The van der Waals surface area contributed by atoms with Crippen molar-refractivity contribution in [2.75, 3.05) is 26.3 Å². The van der Waals surface area contributed by atoms with Crippen molar-refractivity contribution < 1.29 is 22.7 Å². The van der Waals surface area contributed by atoms with Crippen molar-refractivity contribution in [3.05, 3.63) is 77.4 Å². The van der Waals surface area contributed by atoms with Gasteiger partial charge in [0.25, 0.3) is 0 Å². The highest BCUT2D eigenvalue weighted by molar-refractivity contribution is 7.89. The third-order valence-electron chi connectivity index (χ3n) is 5.28. The van der Waals surface area contributed by atoms with Crippen LogP contribution in [0.1, 0.15) is 21.5 Å². The summed E-state index contributed by atoms with van der Waals surface area (Å²) in [5.41, 5.74) is 1.82. The van der Waals surface area contributed by atoms with E-state index in [0.29, 0.717) is 31.9 Å². The number of carbonyl (C=O) groups is 1. The Morgan fingerprint density at radius 1 is 1.03 bits per heavy atom. The van der Waals surface area contributed by atoms with E-state index in [0.717, 1.165) is 16.3 Å². The summed E-state index contributed by atoms with van der Waals surface area (Å²) in [6.45, 7) is 3.21. The summed E-state index contributed by atoms with van der Waals surface area (Å²) in [5, 5.41) is 2.09. The highest BCUT2D eigenvalue weighted by Gasteiger charge is 2.27. The Morgan fingerprint density at radius 2 is 1.77 bits per heavy atom. The Morgan fingerprint density at radius 3 is 2.57 bits per heavy atom. The maximum atomic E-state index is 12.9. The van der Waals surface area contributed by atoms with Crippen LogP contribution in [0.25, 0.3) is 10.8 Å². The van der Waals surface area contributed by atoms with Gasteiger partial charge in [0.1, 0.15) is 6.61 Å². The first-order valence-corrected chi connectivity index (χ1v) is 11.2. The largest absolute Gasteiger partial charge is 0.457 e. The predicted octanol–water partition coefficient (Wildman–Crippen LogP) is 3.53. The van der Waals surface area contributed by atoms with E-state index in [1.165, 1.54) is 16.4 Å². The lowest BCUT2D eigenvalue weighted by Gasteiger charge is -2.26. The molecule has 30 heavy (non-hydrogen) atoms. The summed E-state index contributed by atoms with van der Waals surface area (Å²) < 4.78 is 38.0. The van der Waals surface area contributed by atoms with Crippen molar-refractivity contribution in [2.45, 2.75) is 18.4 Å². The number of hydrogen-bond donors (Lipinski definition) is 0. The number of ether oxygens (including phenoxy) is 2. The van der Waals surface area contributed by atoms with Crippen molar-refractivity contribution in [3.8, 4) is 0 Å².